The number of imide groups is 1. The van der Waals surface area contributed by atoms with E-state index in [4.69, 9.17) is 0 Å². The number of thiophene rings is 1. The number of carbonyl (C=O) groups excluding carboxylic acids is 4. The van der Waals surface area contributed by atoms with Gasteiger partial charge in [-0.1, -0.05) is 18.2 Å². The van der Waals surface area contributed by atoms with E-state index >= 15 is 0 Å². The van der Waals surface area contributed by atoms with E-state index in [0.29, 0.717) is 43.2 Å². The topological polar surface area (TPSA) is 102 Å². The molecular formula is C28H37N5O4S. The monoisotopic (exact) mass is 539 g/mol. The van der Waals surface area contributed by atoms with Gasteiger partial charge in [0.1, 0.15) is 5.00 Å². The first-order chi connectivity index (χ1) is 18.2. The van der Waals surface area contributed by atoms with Crippen LogP contribution < -0.4 is 10.6 Å². The molecule has 1 atom stereocenters. The predicted octanol–water partition coefficient (Wildman–Crippen LogP) is 3.90. The van der Waals surface area contributed by atoms with Gasteiger partial charge in [-0.05, 0) is 59.1 Å². The first-order valence-electron chi connectivity index (χ1n) is 13.7. The van der Waals surface area contributed by atoms with E-state index < -0.39 is 5.41 Å². The molecule has 2 N–H and O–H groups in total. The maximum Gasteiger partial charge on any atom is 0.319 e. The van der Waals surface area contributed by atoms with Crippen LogP contribution in [0.3, 0.4) is 0 Å². The number of likely N-dealkylation sites (tertiary alicyclic amines) is 3. The van der Waals surface area contributed by atoms with Crippen molar-refractivity contribution < 1.29 is 19.2 Å². The minimum absolute atomic E-state index is 0.00807. The Balaban J connectivity index is 1.28. The maximum atomic E-state index is 13.8. The highest BCUT2D eigenvalue weighted by Gasteiger charge is 2.54. The van der Waals surface area contributed by atoms with Crippen molar-refractivity contribution >= 4 is 50.2 Å². The number of fused-ring (bicyclic) bond motifs is 1. The van der Waals surface area contributed by atoms with E-state index in [-0.39, 0.29) is 35.8 Å². The number of rotatable bonds is 5. The highest BCUT2D eigenvalue weighted by Crippen LogP contribution is 2.43. The molecule has 38 heavy (non-hydrogen) atoms. The quantitative estimate of drug-likeness (QED) is 0.562. The van der Waals surface area contributed by atoms with E-state index in [1.165, 1.54) is 16.2 Å². The summed E-state index contributed by atoms with van der Waals surface area (Å²) in [6, 6.07) is 7.59. The van der Waals surface area contributed by atoms with Crippen molar-refractivity contribution in [3.8, 4) is 0 Å². The molecule has 0 radical (unpaired) electrons. The van der Waals surface area contributed by atoms with Crippen LogP contribution in [0.25, 0.3) is 10.1 Å². The van der Waals surface area contributed by atoms with Crippen molar-refractivity contribution in [1.82, 2.24) is 20.0 Å². The summed E-state index contributed by atoms with van der Waals surface area (Å²) in [5.41, 5.74) is -0.0435. The van der Waals surface area contributed by atoms with Gasteiger partial charge >= 0.3 is 6.03 Å². The predicted molar refractivity (Wildman–Crippen MR) is 148 cm³/mol. The highest BCUT2D eigenvalue weighted by atomic mass is 32.1. The van der Waals surface area contributed by atoms with Crippen molar-refractivity contribution in [2.24, 2.45) is 5.41 Å². The lowest BCUT2D eigenvalue weighted by Crippen LogP contribution is -2.54. The summed E-state index contributed by atoms with van der Waals surface area (Å²) < 4.78 is 0.961. The number of nitrogens with zero attached hydrogens (tertiary/aromatic N) is 3. The largest absolute Gasteiger partial charge is 0.338 e. The number of anilines is 1. The molecule has 0 saturated carbocycles. The number of nitrogens with one attached hydrogen (secondary N) is 2. The number of urea groups is 1. The van der Waals surface area contributed by atoms with Gasteiger partial charge in [0.2, 0.25) is 11.8 Å². The summed E-state index contributed by atoms with van der Waals surface area (Å²) in [5.74, 6) is -0.120. The summed E-state index contributed by atoms with van der Waals surface area (Å²) in [6.07, 6.45) is 3.61. The normalized spacial score (nSPS) is 23.2. The second kappa shape index (κ2) is 10.6. The fourth-order valence-corrected chi connectivity index (χ4v) is 7.48. The molecule has 3 aliphatic heterocycles. The van der Waals surface area contributed by atoms with Crippen molar-refractivity contribution in [2.75, 3.05) is 38.0 Å². The van der Waals surface area contributed by atoms with E-state index in [2.05, 4.69) is 15.5 Å². The summed E-state index contributed by atoms with van der Waals surface area (Å²) in [6.45, 7) is 8.91. The lowest BCUT2D eigenvalue weighted by Gasteiger charge is -2.45. The Hall–Kier alpha value is -2.98. The number of hydrogen-bond acceptors (Lipinski definition) is 6. The second-order valence-corrected chi connectivity index (χ2v) is 12.1. The van der Waals surface area contributed by atoms with E-state index in [0.717, 1.165) is 42.3 Å². The van der Waals surface area contributed by atoms with Gasteiger partial charge < -0.3 is 10.2 Å². The molecule has 0 aliphatic carbocycles. The Morgan fingerprint density at radius 2 is 1.87 bits per heavy atom. The number of amides is 5. The van der Waals surface area contributed by atoms with E-state index in [1.807, 2.05) is 49.9 Å². The molecule has 3 saturated heterocycles. The smallest absolute Gasteiger partial charge is 0.319 e. The fraction of sp³-hybridized carbons (Fsp3) is 0.571. The van der Waals surface area contributed by atoms with Gasteiger partial charge in [-0.3, -0.25) is 29.5 Å². The Morgan fingerprint density at radius 3 is 2.55 bits per heavy atom. The molecule has 5 amide bonds. The molecular weight excluding hydrogens is 502 g/mol. The zero-order chi connectivity index (χ0) is 27.0. The standard InChI is InChI=1S/C28H37N5O4S/c1-4-29-27(37)30-24-23(20-8-5-6-9-21(20)38-24)25(35)31-14-10-19(11-15-31)32-13-7-12-28(17-32)16-22(34)33(18(2)3)26(28)36/h5-6,8-9,18-19H,4,7,10-17H2,1-3H3,(H2,29,30,37). The van der Waals surface area contributed by atoms with Crippen molar-refractivity contribution in [1.29, 1.82) is 0 Å². The molecule has 5 rings (SSSR count). The minimum atomic E-state index is -0.595. The Bertz CT molecular complexity index is 1250. The molecule has 9 nitrogen and oxygen atoms in total. The number of piperidine rings is 2. The van der Waals surface area contributed by atoms with Crippen LogP contribution in [0.1, 0.15) is 63.2 Å². The maximum absolute atomic E-state index is 13.8. The lowest BCUT2D eigenvalue weighted by atomic mass is 9.77. The summed E-state index contributed by atoms with van der Waals surface area (Å²) in [7, 11) is 0. The summed E-state index contributed by atoms with van der Waals surface area (Å²) in [5, 5.41) is 7.04. The molecule has 1 aromatic heterocycles. The van der Waals surface area contributed by atoms with Crippen LogP contribution in [0.5, 0.6) is 0 Å². The second-order valence-electron chi connectivity index (χ2n) is 11.0. The minimum Gasteiger partial charge on any atom is -0.338 e. The first kappa shape index (κ1) is 26.6. The van der Waals surface area contributed by atoms with Crippen LogP contribution in [0.4, 0.5) is 9.80 Å². The molecule has 3 fully saturated rings. The van der Waals surface area contributed by atoms with Gasteiger partial charge in [-0.2, -0.15) is 0 Å². The molecule has 4 heterocycles. The Labute approximate surface area is 227 Å². The van der Waals surface area contributed by atoms with Crippen LogP contribution in [-0.2, 0) is 9.59 Å². The van der Waals surface area contributed by atoms with E-state index in [1.54, 1.807) is 0 Å². The van der Waals surface area contributed by atoms with Crippen LogP contribution >= 0.6 is 11.3 Å². The molecule has 1 spiro atoms. The molecule has 3 aliphatic rings. The van der Waals surface area contributed by atoms with Gasteiger partial charge in [0, 0.05) is 54.8 Å². The van der Waals surface area contributed by atoms with Crippen molar-refractivity contribution in [2.45, 2.75) is 65.0 Å². The summed E-state index contributed by atoms with van der Waals surface area (Å²) in [4.78, 5) is 57.7. The molecule has 204 valence electrons. The third kappa shape index (κ3) is 4.80. The molecule has 10 heteroatoms. The average molecular weight is 540 g/mol. The zero-order valence-electron chi connectivity index (χ0n) is 22.4. The third-order valence-electron chi connectivity index (χ3n) is 8.20. The van der Waals surface area contributed by atoms with Crippen molar-refractivity contribution in [3.63, 3.8) is 0 Å². The molecule has 2 aromatic rings. The highest BCUT2D eigenvalue weighted by molar-refractivity contribution is 7.23. The fourth-order valence-electron chi connectivity index (χ4n) is 6.39. The van der Waals surface area contributed by atoms with Gasteiger partial charge in [-0.15, -0.1) is 11.3 Å². The van der Waals surface area contributed by atoms with Crippen molar-refractivity contribution in [3.05, 3.63) is 29.8 Å². The van der Waals surface area contributed by atoms with Crippen LogP contribution in [0.15, 0.2) is 24.3 Å². The number of carbonyl (C=O) groups is 4. The average Bonchev–Trinajstić information content (AvgIpc) is 3.37. The van der Waals surface area contributed by atoms with Gasteiger partial charge in [0.05, 0.1) is 11.0 Å². The van der Waals surface area contributed by atoms with Crippen LogP contribution in [0.2, 0.25) is 0 Å². The first-order valence-corrected chi connectivity index (χ1v) is 14.5. The van der Waals surface area contributed by atoms with Crippen LogP contribution in [-0.4, -0.2) is 83.3 Å². The van der Waals surface area contributed by atoms with E-state index in [9.17, 15) is 19.2 Å². The SMILES string of the molecule is CCNC(=O)Nc1sc2ccccc2c1C(=O)N1CCC(N2CCCC3(CC(=O)N(C(C)C)C3=O)C2)CC1. The Morgan fingerprint density at radius 1 is 1.13 bits per heavy atom. The van der Waals surface area contributed by atoms with Crippen LogP contribution in [0, 0.1) is 5.41 Å². The number of benzene rings is 1. The summed E-state index contributed by atoms with van der Waals surface area (Å²) >= 11 is 1.42. The number of hydrogen-bond donors (Lipinski definition) is 2. The third-order valence-corrected chi connectivity index (χ3v) is 9.28. The Kier molecular flexibility index (Phi) is 7.46. The molecule has 1 unspecified atom stereocenters. The molecule has 0 bridgehead atoms. The molecule has 1 aromatic carbocycles. The van der Waals surface area contributed by atoms with Gasteiger partial charge in [-0.25, -0.2) is 4.79 Å². The van der Waals surface area contributed by atoms with Gasteiger partial charge in [0.25, 0.3) is 5.91 Å². The van der Waals surface area contributed by atoms with Gasteiger partial charge in [0.15, 0.2) is 0 Å². The lowest BCUT2D eigenvalue weighted by molar-refractivity contribution is -0.145. The zero-order valence-corrected chi connectivity index (χ0v) is 23.2.